The summed E-state index contributed by atoms with van der Waals surface area (Å²) < 4.78 is 6.01. The number of H-pyrrole nitrogens is 1. The number of ether oxygens (including phenoxy) is 1. The highest BCUT2D eigenvalue weighted by atomic mass is 16.5. The van der Waals surface area contributed by atoms with Crippen molar-refractivity contribution in [1.29, 1.82) is 0 Å². The number of nitrogens with one attached hydrogen (secondary N) is 2. The Hall–Kier alpha value is -3.12. The number of aliphatic hydroxyl groups is 2. The van der Waals surface area contributed by atoms with Crippen LogP contribution in [0, 0.1) is 5.92 Å². The average Bonchev–Trinajstić information content (AvgIpc) is 3.39. The summed E-state index contributed by atoms with van der Waals surface area (Å²) in [5, 5.41) is 24.7. The SMILES string of the molecule is CC(C)(C)c1ccc2[nH]c(CC[C@H]3C[C@H](NC[C@H]4O[C@@H](Cc5ncnc(N)c5/N=C\N)[C@H](O)[C@@H]4O)C3)nc2c1. The zero-order valence-corrected chi connectivity index (χ0v) is 22.8. The molecular weight excluding hydrogens is 496 g/mol. The van der Waals surface area contributed by atoms with Gasteiger partial charge in [0.1, 0.15) is 30.0 Å². The van der Waals surface area contributed by atoms with Crippen LogP contribution in [0.3, 0.4) is 0 Å². The Morgan fingerprint density at radius 2 is 1.95 bits per heavy atom. The molecule has 3 aromatic rings. The maximum absolute atomic E-state index is 10.6. The molecule has 0 bridgehead atoms. The topological polar surface area (TPSA) is 181 Å². The van der Waals surface area contributed by atoms with E-state index in [2.05, 4.69) is 64.2 Å². The van der Waals surface area contributed by atoms with Gasteiger partial charge in [0.2, 0.25) is 0 Å². The molecule has 3 heterocycles. The van der Waals surface area contributed by atoms with Crippen molar-refractivity contribution in [2.45, 2.75) is 88.7 Å². The lowest BCUT2D eigenvalue weighted by Crippen LogP contribution is -2.46. The number of hydrogen-bond donors (Lipinski definition) is 6. The first-order valence-corrected chi connectivity index (χ1v) is 13.7. The Kier molecular flexibility index (Phi) is 7.86. The predicted molar refractivity (Wildman–Crippen MR) is 151 cm³/mol. The highest BCUT2D eigenvalue weighted by molar-refractivity contribution is 5.76. The van der Waals surface area contributed by atoms with Crippen LogP contribution in [-0.4, -0.2) is 73.5 Å². The van der Waals surface area contributed by atoms with E-state index in [1.54, 1.807) is 0 Å². The van der Waals surface area contributed by atoms with Gasteiger partial charge in [0.25, 0.3) is 0 Å². The van der Waals surface area contributed by atoms with Crippen LogP contribution in [0.25, 0.3) is 11.0 Å². The Morgan fingerprint density at radius 1 is 1.18 bits per heavy atom. The highest BCUT2D eigenvalue weighted by Crippen LogP contribution is 2.33. The van der Waals surface area contributed by atoms with Gasteiger partial charge in [0.15, 0.2) is 5.82 Å². The van der Waals surface area contributed by atoms with Crippen molar-refractivity contribution in [3.8, 4) is 0 Å². The number of aliphatic hydroxyl groups excluding tert-OH is 2. The zero-order chi connectivity index (χ0) is 27.7. The maximum atomic E-state index is 10.6. The van der Waals surface area contributed by atoms with E-state index in [0.29, 0.717) is 29.9 Å². The van der Waals surface area contributed by atoms with Crippen molar-refractivity contribution in [1.82, 2.24) is 25.3 Å². The molecule has 0 amide bonds. The van der Waals surface area contributed by atoms with Gasteiger partial charge in [-0.3, -0.25) is 0 Å². The summed E-state index contributed by atoms with van der Waals surface area (Å²) in [6.07, 6.45) is 3.67. The molecule has 8 N–H and O–H groups in total. The Balaban J connectivity index is 1.07. The van der Waals surface area contributed by atoms with Crippen molar-refractivity contribution in [3.05, 3.63) is 41.6 Å². The molecule has 5 rings (SSSR count). The number of hydrogen-bond acceptors (Lipinski definition) is 9. The van der Waals surface area contributed by atoms with Gasteiger partial charge in [-0.25, -0.2) is 19.9 Å². The lowest BCUT2D eigenvalue weighted by Gasteiger charge is -2.36. The van der Waals surface area contributed by atoms with E-state index in [4.69, 9.17) is 21.2 Å². The fraction of sp³-hybridized carbons (Fsp3) is 0.571. The molecule has 2 aromatic heterocycles. The number of benzene rings is 1. The molecule has 0 radical (unpaired) electrons. The third kappa shape index (κ3) is 6.06. The van der Waals surface area contributed by atoms with Crippen molar-refractivity contribution in [2.24, 2.45) is 16.6 Å². The molecular formula is C28H40N8O3. The summed E-state index contributed by atoms with van der Waals surface area (Å²) in [6, 6.07) is 6.87. The predicted octanol–water partition coefficient (Wildman–Crippen LogP) is 1.88. The maximum Gasteiger partial charge on any atom is 0.153 e. The summed E-state index contributed by atoms with van der Waals surface area (Å²) in [5.74, 6) is 1.88. The van der Waals surface area contributed by atoms with Crippen LogP contribution >= 0.6 is 0 Å². The Labute approximate surface area is 228 Å². The van der Waals surface area contributed by atoms with Gasteiger partial charge in [-0.2, -0.15) is 0 Å². The second kappa shape index (κ2) is 11.2. The van der Waals surface area contributed by atoms with Gasteiger partial charge in [-0.05, 0) is 48.3 Å². The van der Waals surface area contributed by atoms with Crippen LogP contribution in [0.4, 0.5) is 11.5 Å². The largest absolute Gasteiger partial charge is 0.390 e. The first-order valence-electron chi connectivity index (χ1n) is 13.7. The van der Waals surface area contributed by atoms with Crippen LogP contribution < -0.4 is 16.8 Å². The molecule has 1 aliphatic carbocycles. The molecule has 11 nitrogen and oxygen atoms in total. The van der Waals surface area contributed by atoms with Crippen LogP contribution in [0.5, 0.6) is 0 Å². The number of aromatic nitrogens is 4. The molecule has 1 aliphatic heterocycles. The van der Waals surface area contributed by atoms with Crippen molar-refractivity contribution >= 4 is 28.9 Å². The summed E-state index contributed by atoms with van der Waals surface area (Å²) in [7, 11) is 0. The number of rotatable bonds is 9. The third-order valence-electron chi connectivity index (χ3n) is 8.02. The quantitative estimate of drug-likeness (QED) is 0.176. The van der Waals surface area contributed by atoms with E-state index in [0.717, 1.165) is 48.9 Å². The average molecular weight is 537 g/mol. The van der Waals surface area contributed by atoms with Crippen molar-refractivity contribution < 1.29 is 14.9 Å². The van der Waals surface area contributed by atoms with Gasteiger partial charge >= 0.3 is 0 Å². The minimum atomic E-state index is -1.04. The van der Waals surface area contributed by atoms with E-state index >= 15 is 0 Å². The van der Waals surface area contributed by atoms with Gasteiger partial charge in [0, 0.05) is 25.4 Å². The molecule has 0 unspecified atom stereocenters. The molecule has 1 saturated carbocycles. The monoisotopic (exact) mass is 536 g/mol. The zero-order valence-electron chi connectivity index (χ0n) is 22.8. The van der Waals surface area contributed by atoms with Crippen molar-refractivity contribution in [3.63, 3.8) is 0 Å². The summed E-state index contributed by atoms with van der Waals surface area (Å²) in [5.41, 5.74) is 15.7. The molecule has 210 valence electrons. The summed E-state index contributed by atoms with van der Waals surface area (Å²) in [6.45, 7) is 7.11. The molecule has 39 heavy (non-hydrogen) atoms. The second-order valence-corrected chi connectivity index (χ2v) is 11.9. The minimum absolute atomic E-state index is 0.105. The molecule has 2 aliphatic rings. The Morgan fingerprint density at radius 3 is 2.69 bits per heavy atom. The van der Waals surface area contributed by atoms with Crippen molar-refractivity contribution in [2.75, 3.05) is 12.3 Å². The number of nitrogen functional groups attached to an aromatic ring is 1. The summed E-state index contributed by atoms with van der Waals surface area (Å²) >= 11 is 0. The normalized spacial score (nSPS) is 27.4. The lowest BCUT2D eigenvalue weighted by atomic mass is 9.77. The molecule has 1 aromatic carbocycles. The van der Waals surface area contributed by atoms with Crippen LogP contribution in [0.1, 0.15) is 57.1 Å². The third-order valence-corrected chi connectivity index (χ3v) is 8.02. The van der Waals surface area contributed by atoms with E-state index < -0.39 is 24.4 Å². The Bertz CT molecular complexity index is 1310. The molecule has 4 atom stereocenters. The van der Waals surface area contributed by atoms with Gasteiger partial charge in [0.05, 0.1) is 35.3 Å². The number of anilines is 1. The van der Waals surface area contributed by atoms with Gasteiger partial charge < -0.3 is 36.7 Å². The second-order valence-electron chi connectivity index (χ2n) is 11.9. The minimum Gasteiger partial charge on any atom is -0.390 e. The number of aliphatic imine (C=N–C) groups is 1. The number of aryl methyl sites for hydroxylation is 1. The number of imidazole rings is 1. The molecule has 11 heteroatoms. The highest BCUT2D eigenvalue weighted by Gasteiger charge is 2.43. The number of aromatic amines is 1. The van der Waals surface area contributed by atoms with E-state index in [9.17, 15) is 10.2 Å². The lowest BCUT2D eigenvalue weighted by molar-refractivity contribution is 0.00510. The van der Waals surface area contributed by atoms with Gasteiger partial charge in [-0.1, -0.05) is 26.8 Å². The smallest absolute Gasteiger partial charge is 0.153 e. The van der Waals surface area contributed by atoms with Crippen LogP contribution in [0.15, 0.2) is 29.5 Å². The van der Waals surface area contributed by atoms with Crippen LogP contribution in [0.2, 0.25) is 0 Å². The summed E-state index contributed by atoms with van der Waals surface area (Å²) in [4.78, 5) is 20.5. The first kappa shape index (κ1) is 27.4. The number of fused-ring (bicyclic) bond motifs is 1. The fourth-order valence-electron chi connectivity index (χ4n) is 5.55. The molecule has 2 fully saturated rings. The van der Waals surface area contributed by atoms with Gasteiger partial charge in [-0.15, -0.1) is 0 Å². The van der Waals surface area contributed by atoms with E-state index in [1.807, 2.05) is 0 Å². The first-order chi connectivity index (χ1) is 18.6. The molecule has 1 saturated heterocycles. The van der Waals surface area contributed by atoms with E-state index in [1.165, 1.54) is 11.9 Å². The van der Waals surface area contributed by atoms with E-state index in [-0.39, 0.29) is 17.7 Å². The van der Waals surface area contributed by atoms with Crippen LogP contribution in [-0.2, 0) is 23.0 Å². The fourth-order valence-corrected chi connectivity index (χ4v) is 5.55. The molecule has 0 spiro atoms. The standard InChI is InChI=1S/C28H40N8O3/c1-28(2,3)16-5-6-18-19(10-16)36-23(35-18)7-4-15-8-17(9-15)31-12-22-26(38)25(37)21(39-22)11-20-24(32-13-29)27(30)34-14-33-20/h5-6,10,13-15,17,21-22,25-26,31,37-38H,4,7-9,11-12H2,1-3H3,(H2,29,32)(H,35,36)(H2,30,33,34)/t15-,17-,21-,22+,25-,26+/m0/s1. The number of nitrogens with zero attached hydrogens (tertiary/aromatic N) is 4. The number of nitrogens with two attached hydrogens (primary N) is 2.